The van der Waals surface area contributed by atoms with Crippen LogP contribution in [0, 0.1) is 11.8 Å². The van der Waals surface area contributed by atoms with Crippen molar-refractivity contribution in [1.82, 2.24) is 0 Å². The van der Waals surface area contributed by atoms with Crippen molar-refractivity contribution in [2.75, 3.05) is 6.61 Å². The first kappa shape index (κ1) is 65.0. The number of aliphatic hydroxyl groups excluding tert-OH is 1. The third kappa shape index (κ3) is 19.6. The van der Waals surface area contributed by atoms with Gasteiger partial charge < -0.3 is 27.2 Å². The molecule has 0 saturated carbocycles. The first-order valence-electron chi connectivity index (χ1n) is 27.0. The molecule has 7 nitrogen and oxygen atoms in total. The molecule has 65 heavy (non-hydrogen) atoms. The van der Waals surface area contributed by atoms with Crippen LogP contribution in [0.3, 0.4) is 0 Å². The fourth-order valence-corrected chi connectivity index (χ4v) is 22.8. The molecule has 0 fully saturated rings. The van der Waals surface area contributed by atoms with Crippen LogP contribution in [-0.2, 0) is 26.9 Å². The number of hydrogen-bond donors (Lipinski definition) is 1. The number of hydrogen-bond acceptors (Lipinski definition) is 7. The van der Waals surface area contributed by atoms with Crippen LogP contribution in [0.5, 0.6) is 0 Å². The van der Waals surface area contributed by atoms with Crippen molar-refractivity contribution in [1.29, 1.82) is 0 Å². The molecule has 0 bridgehead atoms. The van der Waals surface area contributed by atoms with Gasteiger partial charge in [-0.3, -0.25) is 4.79 Å². The van der Waals surface area contributed by atoms with E-state index in [1.165, 1.54) is 0 Å². The lowest BCUT2D eigenvalue weighted by Crippen LogP contribution is -2.55. The molecule has 386 valence electrons. The molecule has 12 heteroatoms. The molecule has 1 N–H and O–H groups in total. The fraction of sp³-hybridized carbons (Fsp3) is 0.906. The summed E-state index contributed by atoms with van der Waals surface area (Å²) in [6, 6.07) is 12.1. The number of allylic oxidation sites excluding steroid dienone is 2. The van der Waals surface area contributed by atoms with Gasteiger partial charge in [-0.25, -0.2) is 0 Å². The van der Waals surface area contributed by atoms with Crippen LogP contribution in [0.25, 0.3) is 0 Å². The van der Waals surface area contributed by atoms with Crippen LogP contribution in [0.15, 0.2) is 23.8 Å². The van der Waals surface area contributed by atoms with Crippen LogP contribution in [0.2, 0.25) is 90.7 Å². The van der Waals surface area contributed by atoms with Gasteiger partial charge in [-0.05, 0) is 148 Å². The van der Waals surface area contributed by atoms with E-state index in [0.29, 0.717) is 12.3 Å². The Morgan fingerprint density at radius 2 is 1.06 bits per heavy atom. The number of carbonyl (C=O) groups excluding carboxylic acids is 1. The van der Waals surface area contributed by atoms with E-state index in [-0.39, 0.29) is 29.3 Å². The highest BCUT2D eigenvalue weighted by Gasteiger charge is 2.47. The second kappa shape index (κ2) is 29.4. The lowest BCUT2D eigenvalue weighted by Gasteiger charge is -2.44. The highest BCUT2D eigenvalue weighted by atomic mass is 28.4. The van der Waals surface area contributed by atoms with Gasteiger partial charge in [0.05, 0.1) is 17.8 Å². The maximum atomic E-state index is 15.3. The van der Waals surface area contributed by atoms with E-state index >= 15 is 4.79 Å². The molecule has 0 unspecified atom stereocenters. The van der Waals surface area contributed by atoms with Gasteiger partial charge >= 0.3 is 0 Å². The fourth-order valence-electron chi connectivity index (χ4n) is 9.88. The van der Waals surface area contributed by atoms with Crippen LogP contribution >= 0.6 is 0 Å². The van der Waals surface area contributed by atoms with Crippen molar-refractivity contribution in [2.24, 2.45) is 11.8 Å². The number of carbonyl (C=O) groups is 1. The first-order chi connectivity index (χ1) is 30.1. The zero-order valence-electron chi connectivity index (χ0n) is 47.4. The predicted octanol–water partition coefficient (Wildman–Crippen LogP) is 16.6. The van der Waals surface area contributed by atoms with E-state index in [0.717, 1.165) is 110 Å². The smallest absolute Gasteiger partial charge is 0.193 e. The summed E-state index contributed by atoms with van der Waals surface area (Å²) in [5.74, 6) is 0.409. The second-order valence-electron chi connectivity index (χ2n) is 22.3. The van der Waals surface area contributed by atoms with Crippen molar-refractivity contribution >= 4 is 47.4 Å². The molecule has 0 aromatic heterocycles. The molecular weight excluding hydrogens is 889 g/mol. The maximum absolute atomic E-state index is 15.3. The molecule has 0 aliphatic heterocycles. The van der Waals surface area contributed by atoms with Gasteiger partial charge in [-0.15, -0.1) is 0 Å². The van der Waals surface area contributed by atoms with Crippen molar-refractivity contribution in [3.8, 4) is 0 Å². The maximum Gasteiger partial charge on any atom is 0.193 e. The van der Waals surface area contributed by atoms with Gasteiger partial charge in [0.1, 0.15) is 6.10 Å². The SMILES string of the molecule is C=C(/C=C(\C)[C@@](C)(C[C@@H](O)CC(=O)[C@H](O[Si](CC)(CC)CC)[C@@H](O[Si](CC)(CC)CC)[C@H](C)C[C@@H](C)O[Si](CC)(CC)CC)O[Si](CC)(CC)CC)C[C@@H](C)CCO[Si](C)(C)C(C)(C)C. The quantitative estimate of drug-likeness (QED) is 0.0490. The van der Waals surface area contributed by atoms with Crippen LogP contribution < -0.4 is 0 Å². The number of aliphatic hydroxyl groups is 1. The summed E-state index contributed by atoms with van der Waals surface area (Å²) >= 11 is 0. The summed E-state index contributed by atoms with van der Waals surface area (Å²) in [6.07, 6.45) is 3.16. The minimum atomic E-state index is -2.31. The van der Waals surface area contributed by atoms with Gasteiger partial charge in [0.25, 0.3) is 0 Å². The van der Waals surface area contributed by atoms with Crippen molar-refractivity contribution < 1.29 is 32.0 Å². The molecule has 7 atom stereocenters. The largest absolute Gasteiger partial charge is 0.417 e. The summed E-state index contributed by atoms with van der Waals surface area (Å²) in [4.78, 5) is 15.3. The lowest BCUT2D eigenvalue weighted by atomic mass is 9.85. The molecule has 0 rings (SSSR count). The van der Waals surface area contributed by atoms with Gasteiger partial charge in [0.2, 0.25) is 0 Å². The third-order valence-electron chi connectivity index (χ3n) is 17.1. The number of Topliss-reactive ketones (excluding diaryl/α,β-unsaturated/α-hetero) is 1. The summed E-state index contributed by atoms with van der Waals surface area (Å²) in [5.41, 5.74) is 1.36. The lowest BCUT2D eigenvalue weighted by molar-refractivity contribution is -0.135. The molecule has 0 spiro atoms. The summed E-state index contributed by atoms with van der Waals surface area (Å²) in [6.45, 7) is 55.1. The summed E-state index contributed by atoms with van der Waals surface area (Å²) < 4.78 is 35.9. The molecule has 0 amide bonds. The standard InChI is InChI=1S/C53H112O7Si5/c1-24-62(25-2,26-3)57-47(17)40-45(15)50(58-63(27-4,28-5)29-6)51(59-64(30-7,31-8)32-9)49(55)41-48(54)42-53(21,60-65(33-10,34-11)35-12)46(16)39-44(14)38-43(13)36-37-56-61(22,23)52(18,19)20/h39,43,45,47-48,50-51,54H,14,24-38,40-42H2,1-13,15-23H3/b46-39+/t43-,45+,47+,48-,50-,51-,53+/m0/s1. The monoisotopic (exact) mass is 1000 g/mol. The van der Waals surface area contributed by atoms with E-state index in [2.05, 4.69) is 164 Å². The van der Waals surface area contributed by atoms with Crippen molar-refractivity contribution in [3.63, 3.8) is 0 Å². The molecular formula is C53H112O7Si5. The van der Waals surface area contributed by atoms with E-state index < -0.39 is 65.5 Å². The van der Waals surface area contributed by atoms with E-state index in [9.17, 15) is 5.11 Å². The highest BCUT2D eigenvalue weighted by Crippen LogP contribution is 2.40. The zero-order chi connectivity index (χ0) is 50.7. The Morgan fingerprint density at radius 3 is 1.48 bits per heavy atom. The van der Waals surface area contributed by atoms with Gasteiger partial charge in [-0.1, -0.05) is 136 Å². The third-order valence-corrected chi connectivity index (χ3v) is 40.4. The topological polar surface area (TPSA) is 83.5 Å². The minimum Gasteiger partial charge on any atom is -0.417 e. The zero-order valence-corrected chi connectivity index (χ0v) is 52.4. The number of ketones is 1. The molecule has 0 aliphatic rings. The predicted molar refractivity (Wildman–Crippen MR) is 297 cm³/mol. The van der Waals surface area contributed by atoms with E-state index in [4.69, 9.17) is 22.1 Å². The van der Waals surface area contributed by atoms with Crippen LogP contribution in [0.1, 0.15) is 171 Å². The first-order valence-corrected chi connectivity index (χ1v) is 40.1. The molecule has 0 heterocycles. The minimum absolute atomic E-state index is 0.00124. The van der Waals surface area contributed by atoms with E-state index in [1.807, 2.05) is 0 Å². The van der Waals surface area contributed by atoms with E-state index in [1.54, 1.807) is 0 Å². The normalized spacial score (nSPS) is 17.6. The Balaban J connectivity index is 7.22. The Morgan fingerprint density at radius 1 is 0.646 bits per heavy atom. The number of rotatable bonds is 37. The van der Waals surface area contributed by atoms with Gasteiger partial charge in [-0.2, -0.15) is 0 Å². The van der Waals surface area contributed by atoms with Crippen molar-refractivity contribution in [2.45, 2.75) is 291 Å². The molecule has 0 radical (unpaired) electrons. The highest BCUT2D eigenvalue weighted by molar-refractivity contribution is 6.75. The van der Waals surface area contributed by atoms with Gasteiger partial charge in [0, 0.05) is 25.6 Å². The second-order valence-corrected chi connectivity index (χ2v) is 46.0. The average Bonchev–Trinajstić information content (AvgIpc) is 3.25. The van der Waals surface area contributed by atoms with Gasteiger partial charge in [0.15, 0.2) is 47.4 Å². The molecule has 0 aromatic rings. The Labute approximate surface area is 410 Å². The average molecular weight is 1000 g/mol. The van der Waals surface area contributed by atoms with Crippen LogP contribution in [-0.4, -0.2) is 89.1 Å². The Bertz CT molecular complexity index is 1350. The summed E-state index contributed by atoms with van der Waals surface area (Å²) in [7, 11) is -10.3. The molecule has 0 aliphatic carbocycles. The molecule has 0 saturated heterocycles. The van der Waals surface area contributed by atoms with Crippen molar-refractivity contribution in [3.05, 3.63) is 23.8 Å². The molecule has 0 aromatic carbocycles. The summed E-state index contributed by atoms with van der Waals surface area (Å²) in [5, 5.41) is 12.5. The van der Waals surface area contributed by atoms with Crippen LogP contribution in [0.4, 0.5) is 0 Å². The Hall–Kier alpha value is -0.00558. The Kier molecular flexibility index (Phi) is 29.4.